The molecule has 1 heterocycles. The molecule has 0 bridgehead atoms. The maximum atomic E-state index is 4.50. The minimum absolute atomic E-state index is 0.909. The maximum Gasteiger partial charge on any atom is 0.114 e. The van der Waals surface area contributed by atoms with Crippen LogP contribution in [-0.4, -0.2) is 15.0 Å². The molecule has 0 aliphatic carbocycles. The lowest BCUT2D eigenvalue weighted by Crippen LogP contribution is -1.89. The lowest BCUT2D eigenvalue weighted by Gasteiger charge is -1.94. The number of hydrogen-bond acceptors (Lipinski definition) is 2. The van der Waals surface area contributed by atoms with Crippen LogP contribution in [0.1, 0.15) is 5.56 Å². The second kappa shape index (κ2) is 4.87. The van der Waals surface area contributed by atoms with E-state index in [1.807, 2.05) is 54.7 Å². The van der Waals surface area contributed by atoms with Gasteiger partial charge >= 0.3 is 0 Å². The van der Waals surface area contributed by atoms with E-state index in [2.05, 4.69) is 34.5 Å². The van der Waals surface area contributed by atoms with Gasteiger partial charge in [0, 0.05) is 0 Å². The Morgan fingerprint density at radius 1 is 0.714 bits per heavy atom. The largest absolute Gasteiger partial charge is 0.158 e. The minimum atomic E-state index is 0.909. The van der Waals surface area contributed by atoms with Crippen LogP contribution >= 0.6 is 0 Å². The molecule has 4 rings (SSSR count). The summed E-state index contributed by atoms with van der Waals surface area (Å²) in [5, 5.41) is 11.4. The third-order valence-corrected chi connectivity index (χ3v) is 3.46. The van der Waals surface area contributed by atoms with Gasteiger partial charge in [0.15, 0.2) is 0 Å². The fourth-order valence-corrected chi connectivity index (χ4v) is 2.40. The Morgan fingerprint density at radius 2 is 1.29 bits per heavy atom. The van der Waals surface area contributed by atoms with Crippen LogP contribution in [0.15, 0.2) is 66.7 Å². The normalized spacial score (nSPS) is 11.6. The molecule has 100 valence electrons. The van der Waals surface area contributed by atoms with Crippen molar-refractivity contribution in [3.8, 4) is 0 Å². The molecule has 0 spiro atoms. The van der Waals surface area contributed by atoms with Crippen LogP contribution in [0.25, 0.3) is 34.1 Å². The fraction of sp³-hybridized carbons (Fsp3) is 0. The Hall–Kier alpha value is -2.94. The molecule has 0 unspecified atom stereocenters. The summed E-state index contributed by atoms with van der Waals surface area (Å²) in [6.07, 6.45) is 3.87. The third kappa shape index (κ3) is 2.30. The molecule has 3 nitrogen and oxygen atoms in total. The van der Waals surface area contributed by atoms with Crippen molar-refractivity contribution in [2.24, 2.45) is 0 Å². The van der Waals surface area contributed by atoms with Gasteiger partial charge in [0.05, 0.1) is 6.20 Å². The number of fused-ring (bicyclic) bond motifs is 2. The summed E-state index contributed by atoms with van der Waals surface area (Å²) in [5.74, 6) is 0. The zero-order valence-electron chi connectivity index (χ0n) is 11.3. The van der Waals surface area contributed by atoms with Crippen molar-refractivity contribution in [3.05, 3.63) is 72.3 Å². The first-order valence-corrected chi connectivity index (χ1v) is 6.87. The van der Waals surface area contributed by atoms with Crippen LogP contribution < -0.4 is 0 Å². The van der Waals surface area contributed by atoms with E-state index in [-0.39, 0.29) is 0 Å². The van der Waals surface area contributed by atoms with Crippen LogP contribution in [0.4, 0.5) is 0 Å². The van der Waals surface area contributed by atoms with E-state index in [0.717, 1.165) is 16.6 Å². The topological polar surface area (TPSA) is 30.7 Å². The maximum absolute atomic E-state index is 4.50. The monoisotopic (exact) mass is 271 g/mol. The number of benzene rings is 3. The summed E-state index contributed by atoms with van der Waals surface area (Å²) in [6.45, 7) is 0. The van der Waals surface area contributed by atoms with Gasteiger partial charge in [-0.15, -0.1) is 10.2 Å². The zero-order valence-corrected chi connectivity index (χ0v) is 11.3. The van der Waals surface area contributed by atoms with Crippen molar-refractivity contribution in [1.29, 1.82) is 0 Å². The minimum Gasteiger partial charge on any atom is -0.158 e. The molecule has 4 aromatic rings. The molecule has 0 N–H and O–H groups in total. The number of nitrogens with zero attached hydrogens (tertiary/aromatic N) is 3. The van der Waals surface area contributed by atoms with Crippen molar-refractivity contribution < 1.29 is 0 Å². The van der Waals surface area contributed by atoms with Crippen molar-refractivity contribution >= 4 is 34.1 Å². The summed E-state index contributed by atoms with van der Waals surface area (Å²) >= 11 is 0. The molecule has 0 aliphatic heterocycles. The summed E-state index contributed by atoms with van der Waals surface area (Å²) < 4.78 is 0. The molecule has 0 radical (unpaired) electrons. The smallest absolute Gasteiger partial charge is 0.114 e. The number of rotatable bonds is 2. The molecule has 0 saturated heterocycles. The van der Waals surface area contributed by atoms with E-state index >= 15 is 0 Å². The lowest BCUT2D eigenvalue weighted by atomic mass is 10.1. The highest BCUT2D eigenvalue weighted by molar-refractivity contribution is 5.94. The molecule has 1 aromatic heterocycles. The Labute approximate surface area is 122 Å². The first-order valence-electron chi connectivity index (χ1n) is 6.87. The molecular weight excluding hydrogens is 258 g/mol. The van der Waals surface area contributed by atoms with Gasteiger partial charge in [-0.1, -0.05) is 54.6 Å². The highest BCUT2D eigenvalue weighted by Gasteiger charge is 2.02. The first-order chi connectivity index (χ1) is 10.4. The van der Waals surface area contributed by atoms with Crippen LogP contribution in [-0.2, 0) is 0 Å². The molecule has 0 atom stereocenters. The molecule has 3 aromatic carbocycles. The van der Waals surface area contributed by atoms with E-state index in [4.69, 9.17) is 0 Å². The van der Waals surface area contributed by atoms with E-state index < -0.39 is 0 Å². The van der Waals surface area contributed by atoms with Gasteiger partial charge in [-0.2, -0.15) is 4.80 Å². The summed E-state index contributed by atoms with van der Waals surface area (Å²) in [6, 6.07) is 22.5. The zero-order chi connectivity index (χ0) is 14.1. The van der Waals surface area contributed by atoms with Gasteiger partial charge in [0.25, 0.3) is 0 Å². The Kier molecular flexibility index (Phi) is 2.75. The predicted molar refractivity (Wildman–Crippen MR) is 86.7 cm³/mol. The molecule has 0 aliphatic rings. The number of hydrogen-bond donors (Lipinski definition) is 0. The SMILES string of the molecule is C(=C\n1nc2cc3ccccc3cc2n1)/c1ccccc1. The summed E-state index contributed by atoms with van der Waals surface area (Å²) in [7, 11) is 0. The quantitative estimate of drug-likeness (QED) is 0.546. The van der Waals surface area contributed by atoms with Crippen LogP contribution in [0.3, 0.4) is 0 Å². The second-order valence-corrected chi connectivity index (χ2v) is 4.93. The van der Waals surface area contributed by atoms with E-state index in [1.165, 1.54) is 10.8 Å². The van der Waals surface area contributed by atoms with Gasteiger partial charge in [-0.05, 0) is 34.5 Å². The highest BCUT2D eigenvalue weighted by atomic mass is 15.5. The molecule has 0 amide bonds. The van der Waals surface area contributed by atoms with Gasteiger partial charge in [-0.25, -0.2) is 0 Å². The van der Waals surface area contributed by atoms with E-state index in [1.54, 1.807) is 4.80 Å². The highest BCUT2D eigenvalue weighted by Crippen LogP contribution is 2.20. The van der Waals surface area contributed by atoms with E-state index in [9.17, 15) is 0 Å². The van der Waals surface area contributed by atoms with Gasteiger partial charge in [-0.3, -0.25) is 0 Å². The first kappa shape index (κ1) is 11.9. The van der Waals surface area contributed by atoms with Crippen molar-refractivity contribution in [3.63, 3.8) is 0 Å². The third-order valence-electron chi connectivity index (χ3n) is 3.46. The average Bonchev–Trinajstić information content (AvgIpc) is 2.93. The fourth-order valence-electron chi connectivity index (χ4n) is 2.40. The summed E-state index contributed by atoms with van der Waals surface area (Å²) in [5.41, 5.74) is 2.95. The Morgan fingerprint density at radius 3 is 1.90 bits per heavy atom. The number of aromatic nitrogens is 3. The van der Waals surface area contributed by atoms with Gasteiger partial charge in [0.2, 0.25) is 0 Å². The molecule has 21 heavy (non-hydrogen) atoms. The second-order valence-electron chi connectivity index (χ2n) is 4.93. The van der Waals surface area contributed by atoms with Crippen molar-refractivity contribution in [2.75, 3.05) is 0 Å². The van der Waals surface area contributed by atoms with Gasteiger partial charge < -0.3 is 0 Å². The molecular formula is C18H13N3. The average molecular weight is 271 g/mol. The predicted octanol–water partition coefficient (Wildman–Crippen LogP) is 4.21. The van der Waals surface area contributed by atoms with Crippen LogP contribution in [0.2, 0.25) is 0 Å². The Balaban J connectivity index is 1.76. The van der Waals surface area contributed by atoms with Crippen LogP contribution in [0.5, 0.6) is 0 Å². The van der Waals surface area contributed by atoms with Crippen molar-refractivity contribution in [2.45, 2.75) is 0 Å². The standard InChI is InChI=1S/C18H13N3/c1-2-6-14(7-3-1)10-11-21-19-17-12-15-8-4-5-9-16(15)13-18(17)20-21/h1-13H/b11-10+. The lowest BCUT2D eigenvalue weighted by molar-refractivity contribution is 0.814. The van der Waals surface area contributed by atoms with E-state index in [0.29, 0.717) is 0 Å². The molecule has 3 heteroatoms. The molecule has 0 saturated carbocycles. The molecule has 0 fully saturated rings. The van der Waals surface area contributed by atoms with Crippen LogP contribution in [0, 0.1) is 0 Å². The van der Waals surface area contributed by atoms with Gasteiger partial charge in [0.1, 0.15) is 11.0 Å². The summed E-state index contributed by atoms with van der Waals surface area (Å²) in [4.78, 5) is 1.62. The van der Waals surface area contributed by atoms with Crippen molar-refractivity contribution in [1.82, 2.24) is 15.0 Å². The Bertz CT molecular complexity index is 884.